The van der Waals surface area contributed by atoms with Gasteiger partial charge in [0.1, 0.15) is 0 Å². The van der Waals surface area contributed by atoms with Gasteiger partial charge in [-0.1, -0.05) is 18.2 Å². The summed E-state index contributed by atoms with van der Waals surface area (Å²) in [5.74, 6) is -0.565. The number of nitrogens with two attached hydrogens (primary N) is 1. The van der Waals surface area contributed by atoms with Crippen LogP contribution < -0.4 is 5.73 Å². The summed E-state index contributed by atoms with van der Waals surface area (Å²) >= 11 is 0. The fourth-order valence-corrected chi connectivity index (χ4v) is 2.60. The second-order valence-electron chi connectivity index (χ2n) is 5.23. The van der Waals surface area contributed by atoms with Gasteiger partial charge in [0, 0.05) is 23.0 Å². The Kier molecular flexibility index (Phi) is 3.71. The van der Waals surface area contributed by atoms with Crippen molar-refractivity contribution in [2.45, 2.75) is 6.18 Å². The Bertz CT molecular complexity index is 929. The van der Waals surface area contributed by atoms with E-state index in [0.717, 1.165) is 12.1 Å². The van der Waals surface area contributed by atoms with E-state index in [1.807, 2.05) is 0 Å². The third kappa shape index (κ3) is 2.68. The van der Waals surface area contributed by atoms with Crippen molar-refractivity contribution in [1.82, 2.24) is 4.57 Å². The number of fused-ring (bicyclic) bond motifs is 1. The number of nitrogen functional groups attached to an aromatic ring is 1. The van der Waals surface area contributed by atoms with E-state index in [0.29, 0.717) is 10.9 Å². The molecule has 0 saturated carbocycles. The molecule has 0 aliphatic rings. The quantitative estimate of drug-likeness (QED) is 0.569. The lowest BCUT2D eigenvalue weighted by molar-refractivity contribution is -0.137. The second-order valence-corrected chi connectivity index (χ2v) is 5.23. The van der Waals surface area contributed by atoms with Crippen LogP contribution in [0.5, 0.6) is 0 Å². The van der Waals surface area contributed by atoms with Crippen LogP contribution in [0.2, 0.25) is 0 Å². The van der Waals surface area contributed by atoms with Crippen molar-refractivity contribution in [2.75, 3.05) is 12.8 Å². The second kappa shape index (κ2) is 5.59. The van der Waals surface area contributed by atoms with Crippen LogP contribution in [0, 0.1) is 0 Å². The highest BCUT2D eigenvalue weighted by molar-refractivity contribution is 6.04. The molecular formula is C17H13F3N2O2. The van der Waals surface area contributed by atoms with E-state index in [2.05, 4.69) is 0 Å². The fraction of sp³-hybridized carbons (Fsp3) is 0.118. The van der Waals surface area contributed by atoms with Crippen LogP contribution in [-0.4, -0.2) is 17.6 Å². The van der Waals surface area contributed by atoms with Gasteiger partial charge in [0.25, 0.3) is 0 Å². The summed E-state index contributed by atoms with van der Waals surface area (Å²) in [6, 6.07) is 10.2. The van der Waals surface area contributed by atoms with Gasteiger partial charge >= 0.3 is 12.1 Å². The van der Waals surface area contributed by atoms with E-state index >= 15 is 0 Å². The molecule has 0 amide bonds. The van der Waals surface area contributed by atoms with Crippen molar-refractivity contribution in [1.29, 1.82) is 0 Å². The number of methoxy groups -OCH3 is 1. The van der Waals surface area contributed by atoms with Crippen molar-refractivity contribution < 1.29 is 22.7 Å². The lowest BCUT2D eigenvalue weighted by Crippen LogP contribution is -2.07. The molecular weight excluding hydrogens is 321 g/mol. The number of hydrogen-bond acceptors (Lipinski definition) is 3. The molecule has 124 valence electrons. The van der Waals surface area contributed by atoms with Crippen molar-refractivity contribution in [3.63, 3.8) is 0 Å². The van der Waals surface area contributed by atoms with E-state index in [-0.39, 0.29) is 16.9 Å². The highest BCUT2D eigenvalue weighted by atomic mass is 19.4. The molecule has 24 heavy (non-hydrogen) atoms. The molecule has 0 aliphatic heterocycles. The number of carbonyl (C=O) groups excluding carboxylic acids is 1. The van der Waals surface area contributed by atoms with Crippen LogP contribution in [0.1, 0.15) is 15.9 Å². The zero-order chi connectivity index (χ0) is 17.5. The van der Waals surface area contributed by atoms with Crippen LogP contribution in [0.4, 0.5) is 18.9 Å². The number of aromatic nitrogens is 1. The van der Waals surface area contributed by atoms with Gasteiger partial charge in [-0.05, 0) is 24.3 Å². The van der Waals surface area contributed by atoms with Crippen LogP contribution in [0.25, 0.3) is 16.6 Å². The number of hydrogen-bond donors (Lipinski definition) is 1. The highest BCUT2D eigenvalue weighted by Crippen LogP contribution is 2.34. The van der Waals surface area contributed by atoms with E-state index in [1.54, 1.807) is 24.3 Å². The molecule has 0 bridgehead atoms. The fourth-order valence-electron chi connectivity index (χ4n) is 2.60. The summed E-state index contributed by atoms with van der Waals surface area (Å²) in [4.78, 5) is 11.9. The zero-order valence-corrected chi connectivity index (χ0v) is 12.6. The number of alkyl halides is 3. The summed E-state index contributed by atoms with van der Waals surface area (Å²) in [6.07, 6.45) is -3.07. The maximum Gasteiger partial charge on any atom is 0.416 e. The SMILES string of the molecule is COC(=O)c1cn(-c2cc(N)cc(C(F)(F)F)c2)c2ccccc12. The molecule has 4 nitrogen and oxygen atoms in total. The monoisotopic (exact) mass is 334 g/mol. The molecule has 3 rings (SSSR count). The number of rotatable bonds is 2. The van der Waals surface area contributed by atoms with Gasteiger partial charge < -0.3 is 15.0 Å². The molecule has 1 aromatic heterocycles. The molecule has 3 aromatic rings. The van der Waals surface area contributed by atoms with Crippen molar-refractivity contribution in [3.05, 3.63) is 59.8 Å². The summed E-state index contributed by atoms with van der Waals surface area (Å²) in [5.41, 5.74) is 5.82. The molecule has 2 N–H and O–H groups in total. The molecule has 0 saturated heterocycles. The maximum atomic E-state index is 13.0. The summed E-state index contributed by atoms with van der Waals surface area (Å²) < 4.78 is 45.3. The van der Waals surface area contributed by atoms with E-state index in [9.17, 15) is 18.0 Å². The zero-order valence-electron chi connectivity index (χ0n) is 12.6. The number of para-hydroxylation sites is 1. The van der Waals surface area contributed by atoms with Gasteiger partial charge in [0.2, 0.25) is 0 Å². The van der Waals surface area contributed by atoms with E-state index < -0.39 is 17.7 Å². The minimum atomic E-state index is -4.52. The number of carbonyl (C=O) groups is 1. The van der Waals surface area contributed by atoms with Gasteiger partial charge in [-0.15, -0.1) is 0 Å². The normalized spacial score (nSPS) is 11.7. The predicted molar refractivity (Wildman–Crippen MR) is 84.0 cm³/mol. The first kappa shape index (κ1) is 15.9. The average Bonchev–Trinajstić information content (AvgIpc) is 2.92. The Morgan fingerprint density at radius 3 is 2.54 bits per heavy atom. The maximum absolute atomic E-state index is 13.0. The number of anilines is 1. The lowest BCUT2D eigenvalue weighted by atomic mass is 10.1. The molecule has 0 fully saturated rings. The Hall–Kier alpha value is -2.96. The Labute approximate surface area is 135 Å². The van der Waals surface area contributed by atoms with Gasteiger partial charge in [-0.2, -0.15) is 13.2 Å². The number of esters is 1. The lowest BCUT2D eigenvalue weighted by Gasteiger charge is -2.12. The minimum absolute atomic E-state index is 0.0165. The number of nitrogens with zero attached hydrogens (tertiary/aromatic N) is 1. The highest BCUT2D eigenvalue weighted by Gasteiger charge is 2.31. The molecule has 0 aliphatic carbocycles. The van der Waals surface area contributed by atoms with Crippen LogP contribution in [0.15, 0.2) is 48.7 Å². The smallest absolute Gasteiger partial charge is 0.416 e. The molecule has 1 heterocycles. The first-order valence-corrected chi connectivity index (χ1v) is 6.98. The molecule has 0 atom stereocenters. The molecule has 2 aromatic carbocycles. The van der Waals surface area contributed by atoms with E-state index in [1.165, 1.54) is 23.9 Å². The largest absolute Gasteiger partial charge is 0.465 e. The van der Waals surface area contributed by atoms with Crippen molar-refractivity contribution >= 4 is 22.6 Å². The number of benzene rings is 2. The first-order valence-electron chi connectivity index (χ1n) is 6.98. The van der Waals surface area contributed by atoms with Gasteiger partial charge in [0.15, 0.2) is 0 Å². The minimum Gasteiger partial charge on any atom is -0.465 e. The molecule has 0 spiro atoms. The third-order valence-corrected chi connectivity index (χ3v) is 3.66. The molecule has 0 unspecified atom stereocenters. The van der Waals surface area contributed by atoms with E-state index in [4.69, 9.17) is 10.5 Å². The number of ether oxygens (including phenoxy) is 1. The standard InChI is InChI=1S/C17H13F3N2O2/c1-24-16(23)14-9-22(15-5-3-2-4-13(14)15)12-7-10(17(18,19)20)6-11(21)8-12/h2-9H,21H2,1H3. The summed E-state index contributed by atoms with van der Waals surface area (Å²) in [5, 5.41) is 0.584. The van der Waals surface area contributed by atoms with Crippen LogP contribution in [-0.2, 0) is 10.9 Å². The van der Waals surface area contributed by atoms with Crippen LogP contribution in [0.3, 0.4) is 0 Å². The third-order valence-electron chi connectivity index (χ3n) is 3.66. The molecule has 7 heteroatoms. The molecule has 0 radical (unpaired) electrons. The Balaban J connectivity index is 2.27. The number of halogens is 3. The Morgan fingerprint density at radius 2 is 1.88 bits per heavy atom. The summed E-state index contributed by atoms with van der Waals surface area (Å²) in [7, 11) is 1.25. The van der Waals surface area contributed by atoms with Crippen LogP contribution >= 0.6 is 0 Å². The predicted octanol–water partition coefficient (Wildman–Crippen LogP) is 4.02. The first-order chi connectivity index (χ1) is 11.3. The average molecular weight is 334 g/mol. The van der Waals surface area contributed by atoms with Gasteiger partial charge in [-0.25, -0.2) is 4.79 Å². The topological polar surface area (TPSA) is 57.2 Å². The van der Waals surface area contributed by atoms with Gasteiger partial charge in [0.05, 0.1) is 23.8 Å². The summed E-state index contributed by atoms with van der Waals surface area (Å²) in [6.45, 7) is 0. The van der Waals surface area contributed by atoms with Crippen molar-refractivity contribution in [3.8, 4) is 5.69 Å². The van der Waals surface area contributed by atoms with Gasteiger partial charge in [-0.3, -0.25) is 0 Å². The Morgan fingerprint density at radius 1 is 1.17 bits per heavy atom. The van der Waals surface area contributed by atoms with Crippen molar-refractivity contribution in [2.24, 2.45) is 0 Å².